The Morgan fingerprint density at radius 3 is 2.41 bits per heavy atom. The zero-order valence-corrected chi connectivity index (χ0v) is 15.7. The molecule has 0 aliphatic carbocycles. The van der Waals surface area contributed by atoms with E-state index in [1.807, 2.05) is 6.92 Å². The van der Waals surface area contributed by atoms with Crippen LogP contribution in [0.25, 0.3) is 0 Å². The van der Waals surface area contributed by atoms with Gasteiger partial charge in [-0.1, -0.05) is 12.1 Å². The van der Waals surface area contributed by atoms with Crippen LogP contribution in [-0.2, 0) is 11.3 Å². The molecule has 144 valence electrons. The first-order valence-electron chi connectivity index (χ1n) is 8.62. The molecule has 0 aliphatic heterocycles. The van der Waals surface area contributed by atoms with Gasteiger partial charge in [-0.3, -0.25) is 4.79 Å². The van der Waals surface area contributed by atoms with Gasteiger partial charge in [-0.15, -0.1) is 0 Å². The number of halogens is 1. The molecular formula is C20H24FN3O3. The molecule has 2 aromatic rings. The summed E-state index contributed by atoms with van der Waals surface area (Å²) in [6, 6.07) is 12.7. The maximum atomic E-state index is 13.3. The molecule has 0 heterocycles. The Morgan fingerprint density at radius 1 is 1.11 bits per heavy atom. The third-order valence-electron chi connectivity index (χ3n) is 3.90. The van der Waals surface area contributed by atoms with Gasteiger partial charge < -0.3 is 19.9 Å². The van der Waals surface area contributed by atoms with Crippen LogP contribution >= 0.6 is 0 Å². The van der Waals surface area contributed by atoms with E-state index in [9.17, 15) is 14.0 Å². The molecule has 0 aliphatic rings. The predicted octanol–water partition coefficient (Wildman–Crippen LogP) is 3.35. The summed E-state index contributed by atoms with van der Waals surface area (Å²) in [6.45, 7) is 2.61. The van der Waals surface area contributed by atoms with E-state index in [4.69, 9.17) is 4.74 Å². The molecule has 2 rings (SSSR count). The third-order valence-corrected chi connectivity index (χ3v) is 3.90. The molecule has 0 bridgehead atoms. The van der Waals surface area contributed by atoms with Gasteiger partial charge in [-0.05, 0) is 48.9 Å². The van der Waals surface area contributed by atoms with E-state index in [1.54, 1.807) is 55.4 Å². The van der Waals surface area contributed by atoms with Crippen molar-refractivity contribution in [3.8, 4) is 5.75 Å². The number of carbonyl (C=O) groups is 2. The molecule has 27 heavy (non-hydrogen) atoms. The van der Waals surface area contributed by atoms with Crippen LogP contribution < -0.4 is 10.1 Å². The van der Waals surface area contributed by atoms with Crippen molar-refractivity contribution in [2.75, 3.05) is 32.6 Å². The lowest BCUT2D eigenvalue weighted by Gasteiger charge is -2.21. The molecule has 0 saturated carbocycles. The number of nitrogens with zero attached hydrogens (tertiary/aromatic N) is 2. The van der Waals surface area contributed by atoms with E-state index in [-0.39, 0.29) is 24.4 Å². The van der Waals surface area contributed by atoms with Gasteiger partial charge in [0.25, 0.3) is 5.91 Å². The number of benzene rings is 2. The molecule has 0 unspecified atom stereocenters. The molecule has 7 heteroatoms. The standard InChI is InChI=1S/C20H24FN3O3/c1-4-24(13-15-6-5-7-16(21)12-15)20(26)22-17-8-10-18(11-9-17)27-14-19(25)23(2)3/h5-12H,4,13-14H2,1-3H3,(H,22,26). The topological polar surface area (TPSA) is 61.9 Å². The van der Waals surface area contributed by atoms with Crippen molar-refractivity contribution in [2.24, 2.45) is 0 Å². The fraction of sp³-hybridized carbons (Fsp3) is 0.300. The van der Waals surface area contributed by atoms with Crippen LogP contribution in [0, 0.1) is 5.82 Å². The quantitative estimate of drug-likeness (QED) is 0.810. The number of likely N-dealkylation sites (N-methyl/N-ethyl adjacent to an activating group) is 1. The Labute approximate surface area is 158 Å². The van der Waals surface area contributed by atoms with Crippen LogP contribution in [0.3, 0.4) is 0 Å². The van der Waals surface area contributed by atoms with Crippen molar-refractivity contribution in [2.45, 2.75) is 13.5 Å². The highest BCUT2D eigenvalue weighted by Gasteiger charge is 2.13. The first-order valence-corrected chi connectivity index (χ1v) is 8.62. The lowest BCUT2D eigenvalue weighted by molar-refractivity contribution is -0.130. The first-order chi connectivity index (χ1) is 12.9. The number of nitrogens with one attached hydrogen (secondary N) is 1. The largest absolute Gasteiger partial charge is 0.484 e. The molecule has 0 spiro atoms. The summed E-state index contributed by atoms with van der Waals surface area (Å²) in [5.74, 6) is 0.0749. The molecule has 0 fully saturated rings. The zero-order chi connectivity index (χ0) is 19.8. The Kier molecular flexibility index (Phi) is 7.16. The van der Waals surface area contributed by atoms with E-state index in [2.05, 4.69) is 5.32 Å². The lowest BCUT2D eigenvalue weighted by Crippen LogP contribution is -2.34. The summed E-state index contributed by atoms with van der Waals surface area (Å²) in [4.78, 5) is 27.0. The van der Waals surface area contributed by atoms with Crippen LogP contribution in [0.2, 0.25) is 0 Å². The number of hydrogen-bond acceptors (Lipinski definition) is 3. The summed E-state index contributed by atoms with van der Waals surface area (Å²) in [5, 5.41) is 2.80. The van der Waals surface area contributed by atoms with E-state index in [1.165, 1.54) is 17.0 Å². The number of carbonyl (C=O) groups excluding carboxylic acids is 2. The summed E-state index contributed by atoms with van der Waals surface area (Å²) < 4.78 is 18.7. The van der Waals surface area contributed by atoms with E-state index in [0.29, 0.717) is 24.5 Å². The van der Waals surface area contributed by atoms with Crippen molar-refractivity contribution in [1.82, 2.24) is 9.80 Å². The lowest BCUT2D eigenvalue weighted by atomic mass is 10.2. The molecule has 3 amide bonds. The average Bonchev–Trinajstić information content (AvgIpc) is 2.65. The molecule has 0 atom stereocenters. The Balaban J connectivity index is 1.92. The molecule has 1 N–H and O–H groups in total. The maximum absolute atomic E-state index is 13.3. The van der Waals surface area contributed by atoms with Crippen LogP contribution in [0.15, 0.2) is 48.5 Å². The highest BCUT2D eigenvalue weighted by atomic mass is 19.1. The van der Waals surface area contributed by atoms with Crippen molar-refractivity contribution in [1.29, 1.82) is 0 Å². The van der Waals surface area contributed by atoms with Gasteiger partial charge in [-0.2, -0.15) is 0 Å². The SMILES string of the molecule is CCN(Cc1cccc(F)c1)C(=O)Nc1ccc(OCC(=O)N(C)C)cc1. The normalized spacial score (nSPS) is 10.2. The minimum Gasteiger partial charge on any atom is -0.484 e. The van der Waals surface area contributed by atoms with Crippen LogP contribution in [-0.4, -0.2) is 49.0 Å². The van der Waals surface area contributed by atoms with Gasteiger partial charge in [0.15, 0.2) is 6.61 Å². The third kappa shape index (κ3) is 6.29. The van der Waals surface area contributed by atoms with Crippen LogP contribution in [0.4, 0.5) is 14.9 Å². The van der Waals surface area contributed by atoms with Gasteiger partial charge >= 0.3 is 6.03 Å². The predicted molar refractivity (Wildman–Crippen MR) is 102 cm³/mol. The Morgan fingerprint density at radius 2 is 1.81 bits per heavy atom. The molecule has 0 saturated heterocycles. The van der Waals surface area contributed by atoms with Gasteiger partial charge in [0, 0.05) is 32.9 Å². The molecule has 0 aromatic heterocycles. The van der Waals surface area contributed by atoms with Crippen LogP contribution in [0.5, 0.6) is 5.75 Å². The minimum atomic E-state index is -0.327. The van der Waals surface area contributed by atoms with Crippen molar-refractivity contribution in [3.63, 3.8) is 0 Å². The summed E-state index contributed by atoms with van der Waals surface area (Å²) >= 11 is 0. The van der Waals surface area contributed by atoms with Gasteiger partial charge in [0.2, 0.25) is 0 Å². The highest BCUT2D eigenvalue weighted by Crippen LogP contribution is 2.17. The second-order valence-corrected chi connectivity index (χ2v) is 6.18. The summed E-state index contributed by atoms with van der Waals surface area (Å²) in [6.07, 6.45) is 0. The van der Waals surface area contributed by atoms with Gasteiger partial charge in [0.1, 0.15) is 11.6 Å². The number of rotatable bonds is 7. The van der Waals surface area contributed by atoms with Crippen molar-refractivity contribution in [3.05, 3.63) is 59.9 Å². The smallest absolute Gasteiger partial charge is 0.322 e. The fourth-order valence-electron chi connectivity index (χ4n) is 2.29. The van der Waals surface area contributed by atoms with Crippen molar-refractivity contribution < 1.29 is 18.7 Å². The second-order valence-electron chi connectivity index (χ2n) is 6.18. The maximum Gasteiger partial charge on any atom is 0.322 e. The van der Waals surface area contributed by atoms with Crippen molar-refractivity contribution >= 4 is 17.6 Å². The molecular weight excluding hydrogens is 349 g/mol. The summed E-state index contributed by atoms with van der Waals surface area (Å²) in [5.41, 5.74) is 1.32. The van der Waals surface area contributed by atoms with E-state index >= 15 is 0 Å². The number of amides is 3. The number of hydrogen-bond donors (Lipinski definition) is 1. The minimum absolute atomic E-state index is 0.0457. The number of urea groups is 1. The van der Waals surface area contributed by atoms with Gasteiger partial charge in [-0.25, -0.2) is 9.18 Å². The van der Waals surface area contributed by atoms with E-state index in [0.717, 1.165) is 5.56 Å². The highest BCUT2D eigenvalue weighted by molar-refractivity contribution is 5.89. The Hall–Kier alpha value is -3.09. The fourth-order valence-corrected chi connectivity index (χ4v) is 2.29. The molecule has 0 radical (unpaired) electrons. The second kappa shape index (κ2) is 9.56. The first kappa shape index (κ1) is 20.2. The monoisotopic (exact) mass is 373 g/mol. The number of ether oxygens (including phenoxy) is 1. The molecule has 6 nitrogen and oxygen atoms in total. The Bertz CT molecular complexity index is 778. The number of anilines is 1. The van der Waals surface area contributed by atoms with Gasteiger partial charge in [0.05, 0.1) is 0 Å². The van der Waals surface area contributed by atoms with E-state index < -0.39 is 0 Å². The zero-order valence-electron chi connectivity index (χ0n) is 15.7. The van der Waals surface area contributed by atoms with Crippen LogP contribution in [0.1, 0.15) is 12.5 Å². The molecule has 2 aromatic carbocycles. The summed E-state index contributed by atoms with van der Waals surface area (Å²) in [7, 11) is 3.32. The average molecular weight is 373 g/mol.